The van der Waals surface area contributed by atoms with Gasteiger partial charge in [-0.3, -0.25) is 14.4 Å². The van der Waals surface area contributed by atoms with Crippen molar-refractivity contribution in [3.63, 3.8) is 0 Å². The lowest BCUT2D eigenvalue weighted by atomic mass is 10.0. The Morgan fingerprint density at radius 1 is 0.273 bits per heavy atom. The fourth-order valence-corrected chi connectivity index (χ4v) is 10.5. The van der Waals surface area contributed by atoms with E-state index in [-0.39, 0.29) is 31.1 Å². The number of rotatable bonds is 64. The molecule has 0 rings (SSSR count). The van der Waals surface area contributed by atoms with Crippen molar-refractivity contribution in [2.45, 2.75) is 386 Å². The second-order valence-corrected chi connectivity index (χ2v) is 23.4. The van der Waals surface area contributed by atoms with Gasteiger partial charge in [0.1, 0.15) is 13.2 Å². The Morgan fingerprint density at radius 3 is 0.792 bits per heavy atom. The molecule has 0 bridgehead atoms. The third-order valence-electron chi connectivity index (χ3n) is 15.7. The minimum atomic E-state index is -0.778. The van der Waals surface area contributed by atoms with Gasteiger partial charge in [-0.2, -0.15) is 0 Å². The molecule has 0 aromatic rings. The lowest BCUT2D eigenvalue weighted by Gasteiger charge is -2.18. The van der Waals surface area contributed by atoms with Crippen LogP contribution in [-0.2, 0) is 28.6 Å². The number of unbranched alkanes of at least 4 members (excludes halogenated alkanes) is 47. The first-order valence-electron chi connectivity index (χ1n) is 34.5. The van der Waals surface area contributed by atoms with E-state index in [0.29, 0.717) is 19.3 Å². The van der Waals surface area contributed by atoms with Crippen LogP contribution in [0.2, 0.25) is 0 Å². The molecule has 0 fully saturated rings. The van der Waals surface area contributed by atoms with E-state index in [0.717, 1.165) is 96.3 Å². The predicted octanol–water partition coefficient (Wildman–Crippen LogP) is 23.6. The van der Waals surface area contributed by atoms with E-state index in [1.54, 1.807) is 0 Å². The van der Waals surface area contributed by atoms with Crippen molar-refractivity contribution in [3.8, 4) is 0 Å². The standard InChI is InChI=1S/C71H132O6/c1-4-7-10-13-16-19-22-24-26-27-28-29-30-31-32-33-34-35-36-37-38-39-40-41-42-43-45-46-49-52-55-58-61-64-70(73)76-67-68(66-75-69(72)63-60-57-54-51-48-21-18-15-12-9-6-3)77-71(74)65-62-59-56-53-50-47-44-25-23-20-17-14-11-8-5-2/h8,11,17,20,25,44,68H,4-7,9-10,12-16,18-19,21-24,26-43,45-67H2,1-3H3/b11-8-,20-17-,44-25-. The molecule has 0 aliphatic heterocycles. The Hall–Kier alpha value is -2.37. The summed E-state index contributed by atoms with van der Waals surface area (Å²) in [7, 11) is 0. The van der Waals surface area contributed by atoms with Crippen LogP contribution in [0, 0.1) is 0 Å². The van der Waals surface area contributed by atoms with Gasteiger partial charge in [0.05, 0.1) is 0 Å². The number of hydrogen-bond donors (Lipinski definition) is 0. The first-order chi connectivity index (χ1) is 38.0. The van der Waals surface area contributed by atoms with Gasteiger partial charge in [0.2, 0.25) is 0 Å². The topological polar surface area (TPSA) is 78.9 Å². The zero-order valence-corrected chi connectivity index (χ0v) is 52.0. The van der Waals surface area contributed by atoms with Crippen LogP contribution in [0.1, 0.15) is 380 Å². The summed E-state index contributed by atoms with van der Waals surface area (Å²) in [5.74, 6) is -0.869. The summed E-state index contributed by atoms with van der Waals surface area (Å²) in [6.45, 7) is 6.57. The molecule has 452 valence electrons. The lowest BCUT2D eigenvalue weighted by Crippen LogP contribution is -2.30. The van der Waals surface area contributed by atoms with Crippen molar-refractivity contribution in [1.82, 2.24) is 0 Å². The van der Waals surface area contributed by atoms with E-state index in [2.05, 4.69) is 57.2 Å². The Labute approximate surface area is 480 Å². The van der Waals surface area contributed by atoms with Crippen molar-refractivity contribution >= 4 is 17.9 Å². The summed E-state index contributed by atoms with van der Waals surface area (Å²) in [5.41, 5.74) is 0. The second-order valence-electron chi connectivity index (χ2n) is 23.4. The monoisotopic (exact) mass is 1080 g/mol. The molecule has 0 heterocycles. The fraction of sp³-hybridized carbons (Fsp3) is 0.873. The maximum Gasteiger partial charge on any atom is 0.306 e. The minimum Gasteiger partial charge on any atom is -0.462 e. The van der Waals surface area contributed by atoms with Gasteiger partial charge in [0.25, 0.3) is 0 Å². The maximum atomic E-state index is 12.9. The first kappa shape index (κ1) is 74.6. The Kier molecular flexibility index (Phi) is 64.1. The summed E-state index contributed by atoms with van der Waals surface area (Å²) >= 11 is 0. The Balaban J connectivity index is 4.03. The van der Waals surface area contributed by atoms with Crippen molar-refractivity contribution in [2.75, 3.05) is 13.2 Å². The molecule has 0 aromatic heterocycles. The number of esters is 3. The summed E-state index contributed by atoms with van der Waals surface area (Å²) in [6.07, 6.45) is 82.0. The zero-order valence-electron chi connectivity index (χ0n) is 52.0. The molecule has 0 amide bonds. The van der Waals surface area contributed by atoms with Crippen LogP contribution in [-0.4, -0.2) is 37.2 Å². The molecule has 0 aliphatic carbocycles. The van der Waals surface area contributed by atoms with Gasteiger partial charge in [-0.15, -0.1) is 0 Å². The van der Waals surface area contributed by atoms with Crippen LogP contribution in [0.25, 0.3) is 0 Å². The molecule has 0 radical (unpaired) electrons. The predicted molar refractivity (Wildman–Crippen MR) is 335 cm³/mol. The molecule has 77 heavy (non-hydrogen) atoms. The largest absolute Gasteiger partial charge is 0.462 e. The zero-order chi connectivity index (χ0) is 55.7. The van der Waals surface area contributed by atoms with Gasteiger partial charge in [0.15, 0.2) is 6.10 Å². The number of hydrogen-bond acceptors (Lipinski definition) is 6. The minimum absolute atomic E-state index is 0.0742. The van der Waals surface area contributed by atoms with E-state index in [1.807, 2.05) is 0 Å². The SMILES string of the molecule is CC/C=C\C/C=C\C/C=C\CCCCCCCC(=O)OC(COC(=O)CCCCCCCCCCCCC)COC(=O)CCCCCCCCCCCCCCCCCCCCCCCCCCCCCCCCCCC. The molecule has 1 atom stereocenters. The number of allylic oxidation sites excluding steroid dienone is 6. The van der Waals surface area contributed by atoms with Crippen molar-refractivity contribution in [3.05, 3.63) is 36.5 Å². The van der Waals surface area contributed by atoms with Crippen molar-refractivity contribution < 1.29 is 28.6 Å². The van der Waals surface area contributed by atoms with Crippen LogP contribution in [0.3, 0.4) is 0 Å². The summed E-state index contributed by atoms with van der Waals surface area (Å²) < 4.78 is 16.9. The normalized spacial score (nSPS) is 12.2. The molecule has 0 saturated carbocycles. The highest BCUT2D eigenvalue weighted by atomic mass is 16.6. The number of carbonyl (C=O) groups excluding carboxylic acids is 3. The smallest absolute Gasteiger partial charge is 0.306 e. The second kappa shape index (κ2) is 66.1. The molecular formula is C71H132O6. The molecular weight excluding hydrogens is 949 g/mol. The van der Waals surface area contributed by atoms with Crippen LogP contribution < -0.4 is 0 Å². The van der Waals surface area contributed by atoms with Gasteiger partial charge < -0.3 is 14.2 Å². The van der Waals surface area contributed by atoms with Crippen LogP contribution in [0.15, 0.2) is 36.5 Å². The van der Waals surface area contributed by atoms with E-state index in [1.165, 1.54) is 244 Å². The molecule has 0 aliphatic rings. The summed E-state index contributed by atoms with van der Waals surface area (Å²) in [5, 5.41) is 0. The quantitative estimate of drug-likeness (QED) is 0.0261. The average Bonchev–Trinajstić information content (AvgIpc) is 3.43. The molecule has 0 N–H and O–H groups in total. The van der Waals surface area contributed by atoms with Gasteiger partial charge in [0, 0.05) is 19.3 Å². The van der Waals surface area contributed by atoms with Crippen molar-refractivity contribution in [2.24, 2.45) is 0 Å². The highest BCUT2D eigenvalue weighted by Gasteiger charge is 2.19. The Bertz CT molecular complexity index is 1290. The van der Waals surface area contributed by atoms with Crippen LogP contribution in [0.5, 0.6) is 0 Å². The highest BCUT2D eigenvalue weighted by Crippen LogP contribution is 2.19. The van der Waals surface area contributed by atoms with E-state index in [4.69, 9.17) is 14.2 Å². The molecule has 6 heteroatoms. The maximum absolute atomic E-state index is 12.9. The van der Waals surface area contributed by atoms with Crippen LogP contribution >= 0.6 is 0 Å². The molecule has 0 spiro atoms. The molecule has 0 saturated heterocycles. The van der Waals surface area contributed by atoms with Gasteiger partial charge in [-0.25, -0.2) is 0 Å². The Morgan fingerprint density at radius 2 is 0.506 bits per heavy atom. The van der Waals surface area contributed by atoms with E-state index in [9.17, 15) is 14.4 Å². The highest BCUT2D eigenvalue weighted by molar-refractivity contribution is 5.71. The lowest BCUT2D eigenvalue weighted by molar-refractivity contribution is -0.167. The van der Waals surface area contributed by atoms with Gasteiger partial charge in [-0.1, -0.05) is 346 Å². The molecule has 0 aromatic carbocycles. The summed E-state index contributed by atoms with van der Waals surface area (Å²) in [4.78, 5) is 38.2. The van der Waals surface area contributed by atoms with Gasteiger partial charge >= 0.3 is 17.9 Å². The number of ether oxygens (including phenoxy) is 3. The van der Waals surface area contributed by atoms with Crippen LogP contribution in [0.4, 0.5) is 0 Å². The van der Waals surface area contributed by atoms with Crippen molar-refractivity contribution in [1.29, 1.82) is 0 Å². The first-order valence-corrected chi connectivity index (χ1v) is 34.5. The molecule has 1 unspecified atom stereocenters. The summed E-state index contributed by atoms with van der Waals surface area (Å²) in [6, 6.07) is 0. The fourth-order valence-electron chi connectivity index (χ4n) is 10.5. The average molecular weight is 1080 g/mol. The number of carbonyl (C=O) groups is 3. The third kappa shape index (κ3) is 64.3. The van der Waals surface area contributed by atoms with E-state index >= 15 is 0 Å². The third-order valence-corrected chi connectivity index (χ3v) is 15.7. The molecule has 6 nitrogen and oxygen atoms in total. The van der Waals surface area contributed by atoms with E-state index < -0.39 is 6.10 Å². The van der Waals surface area contributed by atoms with Gasteiger partial charge in [-0.05, 0) is 51.4 Å².